The number of primary amides is 1. The summed E-state index contributed by atoms with van der Waals surface area (Å²) in [4.78, 5) is 13.4. The molecule has 0 aromatic heterocycles. The zero-order chi connectivity index (χ0) is 13.6. The maximum Gasteiger partial charge on any atom is 0.221 e. The predicted octanol–water partition coefficient (Wildman–Crippen LogP) is 0.595. The number of piperidine rings is 1. The summed E-state index contributed by atoms with van der Waals surface area (Å²) in [6, 6.07) is 2.18. The highest BCUT2D eigenvalue weighted by molar-refractivity contribution is 5.76. The third kappa shape index (κ3) is 4.28. The summed E-state index contributed by atoms with van der Waals surface area (Å²) in [6.07, 6.45) is 4.20. The summed E-state index contributed by atoms with van der Waals surface area (Å²) in [5.41, 5.74) is 10.6. The summed E-state index contributed by atoms with van der Waals surface area (Å²) in [5, 5.41) is 8.99. The fourth-order valence-corrected chi connectivity index (χ4v) is 2.42. The zero-order valence-corrected chi connectivity index (χ0v) is 11.2. The van der Waals surface area contributed by atoms with Gasteiger partial charge in [-0.05, 0) is 45.2 Å². The van der Waals surface area contributed by atoms with Crippen molar-refractivity contribution in [2.45, 2.75) is 44.6 Å². The van der Waals surface area contributed by atoms with Crippen LogP contribution >= 0.6 is 0 Å². The molecule has 1 aliphatic heterocycles. The maximum absolute atomic E-state index is 11.2. The zero-order valence-electron chi connectivity index (χ0n) is 11.2. The van der Waals surface area contributed by atoms with Crippen molar-refractivity contribution in [2.75, 3.05) is 19.6 Å². The lowest BCUT2D eigenvalue weighted by atomic mass is 9.92. The summed E-state index contributed by atoms with van der Waals surface area (Å²) in [7, 11) is 0. The van der Waals surface area contributed by atoms with Gasteiger partial charge in [0.05, 0.1) is 12.0 Å². The monoisotopic (exact) mass is 252 g/mol. The van der Waals surface area contributed by atoms with E-state index in [2.05, 4.69) is 11.0 Å². The molecule has 18 heavy (non-hydrogen) atoms. The lowest BCUT2D eigenvalue weighted by Crippen LogP contribution is -2.42. The first kappa shape index (κ1) is 14.9. The number of carbonyl (C=O) groups is 1. The molecule has 0 aliphatic carbocycles. The molecule has 102 valence electrons. The predicted molar refractivity (Wildman–Crippen MR) is 70.4 cm³/mol. The Labute approximate surface area is 109 Å². The van der Waals surface area contributed by atoms with E-state index >= 15 is 0 Å². The Morgan fingerprint density at radius 1 is 1.61 bits per heavy atom. The van der Waals surface area contributed by atoms with Crippen LogP contribution in [0.15, 0.2) is 0 Å². The van der Waals surface area contributed by atoms with Crippen molar-refractivity contribution in [3.63, 3.8) is 0 Å². The van der Waals surface area contributed by atoms with Crippen LogP contribution in [0.3, 0.4) is 0 Å². The molecule has 1 amide bonds. The number of likely N-dealkylation sites (tertiary alicyclic amines) is 1. The molecule has 0 bridgehead atoms. The smallest absolute Gasteiger partial charge is 0.221 e. The van der Waals surface area contributed by atoms with Gasteiger partial charge in [0.15, 0.2) is 0 Å². The average Bonchev–Trinajstić information content (AvgIpc) is 2.39. The van der Waals surface area contributed by atoms with Crippen LogP contribution in [0.25, 0.3) is 0 Å². The Bertz CT molecular complexity index is 325. The van der Waals surface area contributed by atoms with Gasteiger partial charge in [-0.3, -0.25) is 4.79 Å². The molecule has 5 heteroatoms. The van der Waals surface area contributed by atoms with Crippen molar-refractivity contribution < 1.29 is 4.79 Å². The largest absolute Gasteiger partial charge is 0.369 e. The molecule has 4 N–H and O–H groups in total. The number of nitriles is 1. The summed E-state index contributed by atoms with van der Waals surface area (Å²) in [6.45, 7) is 4.60. The molecule has 0 spiro atoms. The van der Waals surface area contributed by atoms with E-state index in [1.165, 1.54) is 0 Å². The van der Waals surface area contributed by atoms with Gasteiger partial charge in [-0.25, -0.2) is 0 Å². The molecule has 0 saturated carbocycles. The van der Waals surface area contributed by atoms with E-state index in [1.54, 1.807) is 0 Å². The Balaban J connectivity index is 2.31. The van der Waals surface area contributed by atoms with Gasteiger partial charge in [-0.2, -0.15) is 5.26 Å². The topological polar surface area (TPSA) is 96.1 Å². The van der Waals surface area contributed by atoms with E-state index in [0.717, 1.165) is 38.9 Å². The van der Waals surface area contributed by atoms with Gasteiger partial charge < -0.3 is 16.4 Å². The molecule has 1 fully saturated rings. The molecule has 1 heterocycles. The van der Waals surface area contributed by atoms with Crippen LogP contribution in [-0.2, 0) is 4.79 Å². The van der Waals surface area contributed by atoms with E-state index < -0.39 is 5.54 Å². The SMILES string of the molecule is CCC(N)(C#N)CCCN1CCCC(C(N)=O)C1. The van der Waals surface area contributed by atoms with Gasteiger partial charge >= 0.3 is 0 Å². The normalized spacial score (nSPS) is 24.2. The Morgan fingerprint density at radius 3 is 2.89 bits per heavy atom. The van der Waals surface area contributed by atoms with Crippen LogP contribution in [-0.4, -0.2) is 36.0 Å². The minimum absolute atomic E-state index is 0.0106. The number of amides is 1. The van der Waals surface area contributed by atoms with Crippen LogP contribution in [0.1, 0.15) is 39.0 Å². The molecule has 2 atom stereocenters. The van der Waals surface area contributed by atoms with Crippen molar-refractivity contribution in [1.29, 1.82) is 5.26 Å². The van der Waals surface area contributed by atoms with E-state index in [9.17, 15) is 4.79 Å². The summed E-state index contributed by atoms with van der Waals surface area (Å²) >= 11 is 0. The van der Waals surface area contributed by atoms with Crippen molar-refractivity contribution in [1.82, 2.24) is 4.90 Å². The molecule has 0 aromatic carbocycles. The van der Waals surface area contributed by atoms with Gasteiger partial charge in [-0.15, -0.1) is 0 Å². The van der Waals surface area contributed by atoms with E-state index in [0.29, 0.717) is 12.8 Å². The highest BCUT2D eigenvalue weighted by Gasteiger charge is 2.25. The average molecular weight is 252 g/mol. The Morgan fingerprint density at radius 2 is 2.33 bits per heavy atom. The third-order valence-electron chi connectivity index (χ3n) is 3.86. The van der Waals surface area contributed by atoms with Gasteiger partial charge in [0.2, 0.25) is 5.91 Å². The number of hydrogen-bond donors (Lipinski definition) is 2. The standard InChI is InChI=1S/C13H24N4O/c1-2-13(16,10-14)6-4-8-17-7-3-5-11(9-17)12(15)18/h11H,2-9,16H2,1H3,(H2,15,18). The van der Waals surface area contributed by atoms with Crippen LogP contribution < -0.4 is 11.5 Å². The van der Waals surface area contributed by atoms with Crippen molar-refractivity contribution in [3.8, 4) is 6.07 Å². The van der Waals surface area contributed by atoms with E-state index in [1.807, 2.05) is 6.92 Å². The van der Waals surface area contributed by atoms with E-state index in [-0.39, 0.29) is 11.8 Å². The van der Waals surface area contributed by atoms with Gasteiger partial charge in [0.1, 0.15) is 5.54 Å². The fourth-order valence-electron chi connectivity index (χ4n) is 2.42. The molecule has 0 aromatic rings. The second-order valence-electron chi connectivity index (χ2n) is 5.27. The van der Waals surface area contributed by atoms with E-state index in [4.69, 9.17) is 16.7 Å². The molecular weight excluding hydrogens is 228 g/mol. The molecule has 1 rings (SSSR count). The van der Waals surface area contributed by atoms with Crippen LogP contribution in [0.5, 0.6) is 0 Å². The molecule has 0 radical (unpaired) electrons. The first-order valence-electron chi connectivity index (χ1n) is 6.72. The van der Waals surface area contributed by atoms with Gasteiger partial charge in [0, 0.05) is 6.54 Å². The molecular formula is C13H24N4O. The lowest BCUT2D eigenvalue weighted by molar-refractivity contribution is -0.123. The minimum Gasteiger partial charge on any atom is -0.369 e. The summed E-state index contributed by atoms with van der Waals surface area (Å²) in [5.74, 6) is -0.206. The number of nitrogens with zero attached hydrogens (tertiary/aromatic N) is 2. The van der Waals surface area contributed by atoms with Crippen LogP contribution in [0.4, 0.5) is 0 Å². The number of hydrogen-bond acceptors (Lipinski definition) is 4. The molecule has 1 saturated heterocycles. The Kier molecular flexibility index (Phi) is 5.57. The first-order valence-corrected chi connectivity index (χ1v) is 6.72. The number of nitrogens with two attached hydrogens (primary N) is 2. The molecule has 1 aliphatic rings. The number of rotatable bonds is 6. The molecule has 5 nitrogen and oxygen atoms in total. The Hall–Kier alpha value is -1.12. The molecule has 2 unspecified atom stereocenters. The highest BCUT2D eigenvalue weighted by atomic mass is 16.1. The second kappa shape index (κ2) is 6.72. The van der Waals surface area contributed by atoms with Crippen LogP contribution in [0, 0.1) is 17.2 Å². The van der Waals surface area contributed by atoms with Gasteiger partial charge in [0.25, 0.3) is 0 Å². The lowest BCUT2D eigenvalue weighted by Gasteiger charge is -2.31. The highest BCUT2D eigenvalue weighted by Crippen LogP contribution is 2.18. The first-order chi connectivity index (χ1) is 8.50. The van der Waals surface area contributed by atoms with Crippen molar-refractivity contribution >= 4 is 5.91 Å². The van der Waals surface area contributed by atoms with Gasteiger partial charge in [-0.1, -0.05) is 6.92 Å². The van der Waals surface area contributed by atoms with Crippen molar-refractivity contribution in [3.05, 3.63) is 0 Å². The minimum atomic E-state index is -0.696. The summed E-state index contributed by atoms with van der Waals surface area (Å²) < 4.78 is 0. The second-order valence-corrected chi connectivity index (χ2v) is 5.27. The van der Waals surface area contributed by atoms with Crippen LogP contribution in [0.2, 0.25) is 0 Å². The fraction of sp³-hybridized carbons (Fsp3) is 0.846. The van der Waals surface area contributed by atoms with Crippen molar-refractivity contribution in [2.24, 2.45) is 17.4 Å². The maximum atomic E-state index is 11.2. The quantitative estimate of drug-likeness (QED) is 0.723. The third-order valence-corrected chi connectivity index (χ3v) is 3.86. The number of carbonyl (C=O) groups excluding carboxylic acids is 1.